The largest absolute Gasteiger partial charge is 0.373 e. The molecule has 3 unspecified atom stereocenters. The summed E-state index contributed by atoms with van der Waals surface area (Å²) >= 11 is 0. The van der Waals surface area contributed by atoms with Crippen LogP contribution in [0.3, 0.4) is 0 Å². The molecule has 1 aliphatic heterocycles. The van der Waals surface area contributed by atoms with Crippen molar-refractivity contribution in [1.82, 2.24) is 19.7 Å². The molecule has 0 bridgehead atoms. The molecule has 108 valence electrons. The smallest absolute Gasteiger partial charge is 0.153 e. The molecular formula is C13H24N4O2. The van der Waals surface area contributed by atoms with Gasteiger partial charge in [0.2, 0.25) is 0 Å². The van der Waals surface area contributed by atoms with E-state index in [0.29, 0.717) is 18.8 Å². The molecule has 1 aromatic rings. The van der Waals surface area contributed by atoms with Crippen LogP contribution in [0.25, 0.3) is 0 Å². The molecular weight excluding hydrogens is 244 g/mol. The van der Waals surface area contributed by atoms with Gasteiger partial charge in [0, 0.05) is 32.7 Å². The summed E-state index contributed by atoms with van der Waals surface area (Å²) in [5.74, 6) is 0. The van der Waals surface area contributed by atoms with Crippen molar-refractivity contribution in [2.24, 2.45) is 0 Å². The first-order valence-corrected chi connectivity index (χ1v) is 7.02. The predicted octanol–water partition coefficient (Wildman–Crippen LogP) is 1.31. The normalized spacial score (nSPS) is 26.5. The van der Waals surface area contributed by atoms with E-state index in [-0.39, 0.29) is 6.23 Å². The van der Waals surface area contributed by atoms with Crippen LogP contribution in [0.2, 0.25) is 0 Å². The lowest BCUT2D eigenvalue weighted by atomic mass is 10.2. The Hall–Kier alpha value is -0.980. The van der Waals surface area contributed by atoms with Crippen molar-refractivity contribution in [3.63, 3.8) is 0 Å². The van der Waals surface area contributed by atoms with Gasteiger partial charge in [0.1, 0.15) is 12.7 Å². The minimum Gasteiger partial charge on any atom is -0.373 e. The SMILES string of the molecule is CCOC(CCN1CC(C)OC(C)C1)n1cncn1. The highest BCUT2D eigenvalue weighted by molar-refractivity contribution is 4.74. The van der Waals surface area contributed by atoms with Crippen molar-refractivity contribution in [3.8, 4) is 0 Å². The van der Waals surface area contributed by atoms with E-state index in [1.807, 2.05) is 6.92 Å². The lowest BCUT2D eigenvalue weighted by molar-refractivity contribution is -0.0762. The molecule has 0 N–H and O–H groups in total. The average molecular weight is 268 g/mol. The first-order valence-electron chi connectivity index (χ1n) is 7.02. The number of aromatic nitrogens is 3. The summed E-state index contributed by atoms with van der Waals surface area (Å²) in [6.45, 7) is 9.90. The number of rotatable bonds is 6. The third-order valence-corrected chi connectivity index (χ3v) is 3.28. The standard InChI is InChI=1S/C13H24N4O2/c1-4-18-13(17-10-14-9-15-17)5-6-16-7-11(2)19-12(3)8-16/h9-13H,4-8H2,1-3H3. The van der Waals surface area contributed by atoms with Crippen LogP contribution in [-0.4, -0.2) is 58.1 Å². The lowest BCUT2D eigenvalue weighted by Gasteiger charge is -2.35. The van der Waals surface area contributed by atoms with E-state index >= 15 is 0 Å². The van der Waals surface area contributed by atoms with Crippen LogP contribution in [0, 0.1) is 0 Å². The molecule has 3 atom stereocenters. The van der Waals surface area contributed by atoms with Crippen LogP contribution >= 0.6 is 0 Å². The van der Waals surface area contributed by atoms with E-state index in [2.05, 4.69) is 28.8 Å². The van der Waals surface area contributed by atoms with Crippen LogP contribution < -0.4 is 0 Å². The van der Waals surface area contributed by atoms with Crippen LogP contribution in [0.15, 0.2) is 12.7 Å². The van der Waals surface area contributed by atoms with Crippen molar-refractivity contribution >= 4 is 0 Å². The van der Waals surface area contributed by atoms with E-state index in [0.717, 1.165) is 26.1 Å². The Kier molecular flexibility index (Phi) is 5.30. The molecule has 0 spiro atoms. The van der Waals surface area contributed by atoms with Gasteiger partial charge in [-0.3, -0.25) is 4.90 Å². The summed E-state index contributed by atoms with van der Waals surface area (Å²) in [4.78, 5) is 6.41. The van der Waals surface area contributed by atoms with Gasteiger partial charge < -0.3 is 9.47 Å². The van der Waals surface area contributed by atoms with Crippen LogP contribution in [-0.2, 0) is 9.47 Å². The Bertz CT molecular complexity index is 348. The molecule has 6 heteroatoms. The number of nitrogens with zero attached hydrogens (tertiary/aromatic N) is 4. The molecule has 1 aromatic heterocycles. The van der Waals surface area contributed by atoms with Crippen molar-refractivity contribution in [2.75, 3.05) is 26.2 Å². The summed E-state index contributed by atoms with van der Waals surface area (Å²) < 4.78 is 13.3. The fourth-order valence-corrected chi connectivity index (χ4v) is 2.61. The van der Waals surface area contributed by atoms with Crippen molar-refractivity contribution < 1.29 is 9.47 Å². The van der Waals surface area contributed by atoms with Crippen LogP contribution in [0.5, 0.6) is 0 Å². The summed E-state index contributed by atoms with van der Waals surface area (Å²) in [6, 6.07) is 0. The minimum absolute atomic E-state index is 0.0269. The van der Waals surface area contributed by atoms with Gasteiger partial charge in [-0.2, -0.15) is 5.10 Å². The van der Waals surface area contributed by atoms with Gasteiger partial charge in [0.25, 0.3) is 0 Å². The first-order chi connectivity index (χ1) is 9.19. The summed E-state index contributed by atoms with van der Waals surface area (Å²) in [5, 5.41) is 4.17. The maximum atomic E-state index is 5.74. The zero-order valence-electron chi connectivity index (χ0n) is 12.0. The quantitative estimate of drug-likeness (QED) is 0.778. The summed E-state index contributed by atoms with van der Waals surface area (Å²) in [5.41, 5.74) is 0. The molecule has 1 fully saturated rings. The van der Waals surface area contributed by atoms with E-state index in [1.54, 1.807) is 17.3 Å². The van der Waals surface area contributed by atoms with Crippen molar-refractivity contribution in [3.05, 3.63) is 12.7 Å². The van der Waals surface area contributed by atoms with E-state index in [1.165, 1.54) is 0 Å². The highest BCUT2D eigenvalue weighted by atomic mass is 16.5. The van der Waals surface area contributed by atoms with Gasteiger partial charge in [-0.05, 0) is 20.8 Å². The molecule has 0 saturated carbocycles. The summed E-state index contributed by atoms with van der Waals surface area (Å²) in [6.07, 6.45) is 4.76. The maximum Gasteiger partial charge on any atom is 0.153 e. The van der Waals surface area contributed by atoms with Gasteiger partial charge in [-0.25, -0.2) is 9.67 Å². The topological polar surface area (TPSA) is 52.4 Å². The predicted molar refractivity (Wildman–Crippen MR) is 71.8 cm³/mol. The fraction of sp³-hybridized carbons (Fsp3) is 0.846. The molecule has 6 nitrogen and oxygen atoms in total. The second kappa shape index (κ2) is 6.98. The van der Waals surface area contributed by atoms with Gasteiger partial charge in [-0.15, -0.1) is 0 Å². The summed E-state index contributed by atoms with van der Waals surface area (Å²) in [7, 11) is 0. The molecule has 1 aliphatic rings. The Morgan fingerprint density at radius 2 is 2.11 bits per heavy atom. The fourth-order valence-electron chi connectivity index (χ4n) is 2.61. The third-order valence-electron chi connectivity index (χ3n) is 3.28. The maximum absolute atomic E-state index is 5.74. The van der Waals surface area contributed by atoms with Crippen molar-refractivity contribution in [2.45, 2.75) is 45.6 Å². The van der Waals surface area contributed by atoms with Gasteiger partial charge in [0.15, 0.2) is 6.23 Å². The highest BCUT2D eigenvalue weighted by Crippen LogP contribution is 2.16. The van der Waals surface area contributed by atoms with Crippen LogP contribution in [0.4, 0.5) is 0 Å². The Balaban J connectivity index is 1.85. The molecule has 1 saturated heterocycles. The van der Waals surface area contributed by atoms with Crippen molar-refractivity contribution in [1.29, 1.82) is 0 Å². The molecule has 19 heavy (non-hydrogen) atoms. The molecule has 2 rings (SSSR count). The first kappa shape index (κ1) is 14.4. The third kappa shape index (κ3) is 4.26. The van der Waals surface area contributed by atoms with E-state index in [4.69, 9.17) is 9.47 Å². The second-order valence-corrected chi connectivity index (χ2v) is 5.09. The number of hydrogen-bond acceptors (Lipinski definition) is 5. The highest BCUT2D eigenvalue weighted by Gasteiger charge is 2.23. The number of ether oxygens (including phenoxy) is 2. The molecule has 0 aliphatic carbocycles. The molecule has 0 amide bonds. The van der Waals surface area contributed by atoms with E-state index in [9.17, 15) is 0 Å². The molecule has 0 radical (unpaired) electrons. The Morgan fingerprint density at radius 3 is 2.68 bits per heavy atom. The zero-order valence-corrected chi connectivity index (χ0v) is 12.0. The second-order valence-electron chi connectivity index (χ2n) is 5.09. The monoisotopic (exact) mass is 268 g/mol. The lowest BCUT2D eigenvalue weighted by Crippen LogP contribution is -2.46. The molecule has 2 heterocycles. The van der Waals surface area contributed by atoms with Gasteiger partial charge in [0.05, 0.1) is 12.2 Å². The zero-order chi connectivity index (χ0) is 13.7. The van der Waals surface area contributed by atoms with Crippen LogP contribution in [0.1, 0.15) is 33.4 Å². The average Bonchev–Trinajstić information content (AvgIpc) is 2.87. The van der Waals surface area contributed by atoms with Gasteiger partial charge in [-0.1, -0.05) is 0 Å². The number of morpholine rings is 1. The number of hydrogen-bond donors (Lipinski definition) is 0. The molecule has 0 aromatic carbocycles. The minimum atomic E-state index is -0.0269. The van der Waals surface area contributed by atoms with Gasteiger partial charge >= 0.3 is 0 Å². The van der Waals surface area contributed by atoms with E-state index < -0.39 is 0 Å². The Labute approximate surface area is 114 Å². The Morgan fingerprint density at radius 1 is 1.37 bits per heavy atom.